The molecule has 0 radical (unpaired) electrons. The Balaban J connectivity index is 1.31. The Kier molecular flexibility index (Phi) is 5.90. The molecule has 0 bridgehead atoms. The van der Waals surface area contributed by atoms with E-state index in [1.54, 1.807) is 6.92 Å². The molecule has 1 atom stereocenters. The number of carboxylic acids is 1. The number of hydrogen-bond acceptors (Lipinski definition) is 6. The summed E-state index contributed by atoms with van der Waals surface area (Å²) >= 11 is 1.51. The van der Waals surface area contributed by atoms with Crippen molar-refractivity contribution in [2.24, 2.45) is 0 Å². The smallest absolute Gasteiger partial charge is 0.412 e. The first kappa shape index (κ1) is 22.9. The molecule has 4 aromatic rings. The Morgan fingerprint density at radius 1 is 1.06 bits per heavy atom. The van der Waals surface area contributed by atoms with Gasteiger partial charge in [0.15, 0.2) is 5.76 Å². The van der Waals surface area contributed by atoms with Crippen LogP contribution in [0.2, 0.25) is 0 Å². The summed E-state index contributed by atoms with van der Waals surface area (Å²) in [5.41, 5.74) is 2.93. The molecule has 0 spiro atoms. The largest absolute Gasteiger partial charge is 0.481 e. The lowest BCUT2D eigenvalue weighted by molar-refractivity contribution is -0.139. The Bertz CT molecular complexity index is 1370. The van der Waals surface area contributed by atoms with Crippen LogP contribution in [0.4, 0.5) is 10.5 Å². The maximum atomic E-state index is 12.6. The zero-order valence-electron chi connectivity index (χ0n) is 19.3. The fourth-order valence-electron chi connectivity index (χ4n) is 4.02. The number of thiophene rings is 1. The third-order valence-electron chi connectivity index (χ3n) is 6.31. The maximum Gasteiger partial charge on any atom is 0.412 e. The van der Waals surface area contributed by atoms with Crippen LogP contribution in [0.3, 0.4) is 0 Å². The van der Waals surface area contributed by atoms with Gasteiger partial charge in [0.2, 0.25) is 0 Å². The third kappa shape index (κ3) is 4.44. The fraction of sp³-hybridized carbons (Fsp3) is 0.222. The second-order valence-electron chi connectivity index (χ2n) is 8.68. The van der Waals surface area contributed by atoms with Crippen molar-refractivity contribution in [1.29, 1.82) is 0 Å². The number of anilines is 1. The van der Waals surface area contributed by atoms with E-state index in [-0.39, 0.29) is 0 Å². The summed E-state index contributed by atoms with van der Waals surface area (Å²) in [6.07, 6.45) is 0.373. The van der Waals surface area contributed by atoms with E-state index >= 15 is 0 Å². The van der Waals surface area contributed by atoms with Crippen molar-refractivity contribution in [1.82, 2.24) is 5.16 Å². The van der Waals surface area contributed by atoms with E-state index in [2.05, 4.69) is 10.5 Å². The Morgan fingerprint density at radius 2 is 1.74 bits per heavy atom. The summed E-state index contributed by atoms with van der Waals surface area (Å²) in [5.74, 6) is -0.313. The first-order valence-electron chi connectivity index (χ1n) is 11.3. The van der Waals surface area contributed by atoms with Crippen LogP contribution in [0.15, 0.2) is 71.3 Å². The van der Waals surface area contributed by atoms with Crippen molar-refractivity contribution in [2.75, 3.05) is 5.32 Å². The van der Waals surface area contributed by atoms with E-state index in [0.29, 0.717) is 30.0 Å². The molecule has 0 aliphatic heterocycles. The second kappa shape index (κ2) is 9.03. The number of hydrogen-bond donors (Lipinski definition) is 2. The average molecular weight is 489 g/mol. The lowest BCUT2D eigenvalue weighted by Gasteiger charge is -2.14. The number of nitrogens with zero attached hydrogens (tertiary/aromatic N) is 1. The molecule has 2 N–H and O–H groups in total. The molecule has 1 amide bonds. The highest BCUT2D eigenvalue weighted by molar-refractivity contribution is 7.15. The van der Waals surface area contributed by atoms with Crippen molar-refractivity contribution in [3.05, 3.63) is 82.9 Å². The second-order valence-corrected chi connectivity index (χ2v) is 9.77. The minimum atomic E-state index is -0.751. The Hall–Kier alpha value is -3.91. The van der Waals surface area contributed by atoms with E-state index in [1.165, 1.54) is 11.3 Å². The van der Waals surface area contributed by atoms with Gasteiger partial charge in [0.05, 0.1) is 0 Å². The first-order valence-corrected chi connectivity index (χ1v) is 12.1. The molecule has 2 aromatic heterocycles. The molecule has 1 unspecified atom stereocenters. The predicted molar refractivity (Wildman–Crippen MR) is 133 cm³/mol. The summed E-state index contributed by atoms with van der Waals surface area (Å²) < 4.78 is 11.0. The number of carbonyl (C=O) groups is 2. The van der Waals surface area contributed by atoms with Gasteiger partial charge in [-0.05, 0) is 49.9 Å². The average Bonchev–Trinajstić information content (AvgIpc) is 3.40. The number of carboxylic acid groups (broad SMARTS) is 1. The van der Waals surface area contributed by atoms with Crippen LogP contribution in [0.5, 0.6) is 0 Å². The summed E-state index contributed by atoms with van der Waals surface area (Å²) in [6.45, 7) is 3.56. The zero-order valence-corrected chi connectivity index (χ0v) is 20.1. The SMILES string of the molecule is Cc1noc(-c2ccc(-c3ccc(C4(C(=O)O)CC4)s3)cc2)c1NC(=O)OC(C)c1ccccc1. The van der Waals surface area contributed by atoms with Crippen molar-refractivity contribution < 1.29 is 24.0 Å². The molecule has 1 fully saturated rings. The molecular weight excluding hydrogens is 464 g/mol. The molecule has 5 rings (SSSR count). The number of aliphatic carboxylic acids is 1. The molecule has 8 heteroatoms. The van der Waals surface area contributed by atoms with Gasteiger partial charge in [0, 0.05) is 15.3 Å². The minimum Gasteiger partial charge on any atom is -0.481 e. The van der Waals surface area contributed by atoms with Gasteiger partial charge in [-0.2, -0.15) is 0 Å². The van der Waals surface area contributed by atoms with E-state index in [0.717, 1.165) is 26.4 Å². The molecule has 35 heavy (non-hydrogen) atoms. The molecule has 2 aromatic carbocycles. The topological polar surface area (TPSA) is 102 Å². The van der Waals surface area contributed by atoms with Gasteiger partial charge in [0.25, 0.3) is 0 Å². The molecule has 7 nitrogen and oxygen atoms in total. The van der Waals surface area contributed by atoms with E-state index in [1.807, 2.05) is 73.7 Å². The number of carbonyl (C=O) groups excluding carboxylic acids is 1. The molecule has 1 saturated carbocycles. The zero-order chi connectivity index (χ0) is 24.6. The van der Waals surface area contributed by atoms with Crippen LogP contribution in [0.1, 0.15) is 42.0 Å². The summed E-state index contributed by atoms with van der Waals surface area (Å²) in [7, 11) is 0. The molecular formula is C27H24N2O5S. The molecule has 2 heterocycles. The van der Waals surface area contributed by atoms with Crippen molar-refractivity contribution >= 4 is 29.1 Å². The van der Waals surface area contributed by atoms with Crippen LogP contribution in [0, 0.1) is 6.92 Å². The molecule has 178 valence electrons. The standard InChI is InChI=1S/C27H24N2O5S/c1-16-23(28-26(32)33-17(2)18-6-4-3-5-7-18)24(34-29-16)20-10-8-19(9-11-20)21-12-13-22(35-21)27(14-15-27)25(30)31/h3-13,17H,14-15H2,1-2H3,(H,28,32)(H,30,31). The fourth-order valence-corrected chi connectivity index (χ4v) is 5.27. The van der Waals surface area contributed by atoms with Crippen LogP contribution in [-0.4, -0.2) is 22.3 Å². The Morgan fingerprint density at radius 3 is 2.40 bits per heavy atom. The molecule has 1 aliphatic rings. The van der Waals surface area contributed by atoms with Crippen molar-refractivity contribution in [3.8, 4) is 21.8 Å². The lowest BCUT2D eigenvalue weighted by atomic mass is 10.1. The monoisotopic (exact) mass is 488 g/mol. The van der Waals surface area contributed by atoms with Gasteiger partial charge in [-0.1, -0.05) is 59.8 Å². The van der Waals surface area contributed by atoms with Crippen molar-refractivity contribution in [2.45, 2.75) is 38.2 Å². The Labute approximate surface area is 206 Å². The molecule has 1 aliphatic carbocycles. The highest BCUT2D eigenvalue weighted by atomic mass is 32.1. The van der Waals surface area contributed by atoms with E-state index in [9.17, 15) is 14.7 Å². The van der Waals surface area contributed by atoms with Gasteiger partial charge in [-0.15, -0.1) is 11.3 Å². The van der Waals surface area contributed by atoms with Gasteiger partial charge in [-0.25, -0.2) is 4.79 Å². The number of aryl methyl sites for hydroxylation is 1. The quantitative estimate of drug-likeness (QED) is 0.296. The maximum absolute atomic E-state index is 12.6. The van der Waals surface area contributed by atoms with Crippen molar-refractivity contribution in [3.63, 3.8) is 0 Å². The van der Waals surface area contributed by atoms with Gasteiger partial charge in [0.1, 0.15) is 22.9 Å². The highest BCUT2D eigenvalue weighted by Gasteiger charge is 2.52. The van der Waals surface area contributed by atoms with Gasteiger partial charge in [-0.3, -0.25) is 10.1 Å². The summed E-state index contributed by atoms with van der Waals surface area (Å²) in [4.78, 5) is 26.1. The number of benzene rings is 2. The van der Waals surface area contributed by atoms with Crippen LogP contribution < -0.4 is 5.32 Å². The summed E-state index contributed by atoms with van der Waals surface area (Å²) in [6, 6.07) is 21.1. The minimum absolute atomic E-state index is 0.411. The number of rotatable bonds is 7. The van der Waals surface area contributed by atoms with Crippen LogP contribution in [-0.2, 0) is 14.9 Å². The summed E-state index contributed by atoms with van der Waals surface area (Å²) in [5, 5.41) is 16.3. The predicted octanol–water partition coefficient (Wildman–Crippen LogP) is 6.80. The number of aromatic nitrogens is 1. The van der Waals surface area contributed by atoms with E-state index < -0.39 is 23.6 Å². The number of nitrogens with one attached hydrogen (secondary N) is 1. The van der Waals surface area contributed by atoms with Crippen LogP contribution >= 0.6 is 11.3 Å². The lowest BCUT2D eigenvalue weighted by Crippen LogP contribution is -2.17. The van der Waals surface area contributed by atoms with Gasteiger partial charge >= 0.3 is 12.1 Å². The van der Waals surface area contributed by atoms with Gasteiger partial charge < -0.3 is 14.4 Å². The first-order chi connectivity index (χ1) is 16.9. The number of amides is 1. The van der Waals surface area contributed by atoms with E-state index in [4.69, 9.17) is 9.26 Å². The highest BCUT2D eigenvalue weighted by Crippen LogP contribution is 2.51. The molecule has 0 saturated heterocycles. The number of ether oxygens (including phenoxy) is 1. The van der Waals surface area contributed by atoms with Crippen LogP contribution in [0.25, 0.3) is 21.8 Å². The normalized spacial score (nSPS) is 14.8. The third-order valence-corrected chi connectivity index (χ3v) is 7.65.